The minimum atomic E-state index is -1.09. The Labute approximate surface area is 159 Å². The number of benzene rings is 2. The normalized spacial score (nSPS) is 12.0. The van der Waals surface area contributed by atoms with Crippen LogP contribution in [0.3, 0.4) is 0 Å². The van der Waals surface area contributed by atoms with Gasteiger partial charge in [-0.25, -0.2) is 4.79 Å². The maximum Gasteiger partial charge on any atom is 0.337 e. The summed E-state index contributed by atoms with van der Waals surface area (Å²) >= 11 is 1.34. The van der Waals surface area contributed by atoms with Crippen molar-refractivity contribution in [2.45, 2.75) is 6.92 Å². The molecule has 4 rings (SSSR count). The molecule has 2 aromatic carbocycles. The first-order valence-electron chi connectivity index (χ1n) is 8.17. The molecule has 27 heavy (non-hydrogen) atoms. The zero-order valence-electron chi connectivity index (χ0n) is 14.3. The lowest BCUT2D eigenvalue weighted by molar-refractivity contribution is 0.0698. The molecule has 0 radical (unpaired) electrons. The molecule has 3 aromatic rings. The van der Waals surface area contributed by atoms with E-state index >= 15 is 0 Å². The van der Waals surface area contributed by atoms with Crippen LogP contribution in [0.2, 0.25) is 0 Å². The summed E-state index contributed by atoms with van der Waals surface area (Å²) in [7, 11) is 0. The number of anilines is 1. The molecule has 6 nitrogen and oxygen atoms in total. The molecule has 0 aliphatic carbocycles. The second-order valence-corrected chi connectivity index (χ2v) is 7.05. The monoisotopic (exact) mass is 381 g/mol. The number of hydrogen-bond acceptors (Lipinski definition) is 5. The lowest BCUT2D eigenvalue weighted by atomic mass is 10.1. The first kappa shape index (κ1) is 17.1. The van der Waals surface area contributed by atoms with Gasteiger partial charge in [0.05, 0.1) is 16.1 Å². The molecule has 0 spiro atoms. The Balaban J connectivity index is 1.62. The van der Waals surface area contributed by atoms with E-state index in [1.807, 2.05) is 25.1 Å². The van der Waals surface area contributed by atoms with Crippen molar-refractivity contribution in [1.29, 1.82) is 0 Å². The summed E-state index contributed by atoms with van der Waals surface area (Å²) in [6.45, 7) is 2.14. The predicted octanol–water partition coefficient (Wildman–Crippen LogP) is 4.40. The Morgan fingerprint density at radius 2 is 1.85 bits per heavy atom. The van der Waals surface area contributed by atoms with E-state index in [-0.39, 0.29) is 24.0 Å². The number of amides is 1. The summed E-state index contributed by atoms with van der Waals surface area (Å²) in [5.41, 5.74) is 2.21. The molecule has 1 aliphatic heterocycles. The molecule has 1 amide bonds. The van der Waals surface area contributed by atoms with Crippen LogP contribution in [0.5, 0.6) is 11.5 Å². The van der Waals surface area contributed by atoms with Crippen LogP contribution in [0, 0.1) is 6.92 Å². The van der Waals surface area contributed by atoms with Gasteiger partial charge in [0, 0.05) is 4.88 Å². The number of carboxylic acid groups (broad SMARTS) is 1. The summed E-state index contributed by atoms with van der Waals surface area (Å²) in [5.74, 6) is -0.0454. The molecule has 7 heteroatoms. The summed E-state index contributed by atoms with van der Waals surface area (Å²) in [6, 6.07) is 13.8. The third kappa shape index (κ3) is 3.24. The lowest BCUT2D eigenvalue weighted by Crippen LogP contribution is -2.13. The molecule has 1 aromatic heterocycles. The average molecular weight is 381 g/mol. The van der Waals surface area contributed by atoms with Crippen LogP contribution in [-0.2, 0) is 0 Å². The van der Waals surface area contributed by atoms with Gasteiger partial charge in [-0.1, -0.05) is 12.1 Å². The number of carboxylic acids is 1. The number of para-hydroxylation sites is 1. The summed E-state index contributed by atoms with van der Waals surface area (Å²) in [5, 5.41) is 11.9. The molecular weight excluding hydrogens is 366 g/mol. The predicted molar refractivity (Wildman–Crippen MR) is 102 cm³/mol. The number of thiophene rings is 1. The molecular formula is C20H15NO5S. The minimum absolute atomic E-state index is 0.0510. The van der Waals surface area contributed by atoms with Crippen LogP contribution < -0.4 is 14.8 Å². The zero-order valence-corrected chi connectivity index (χ0v) is 15.1. The van der Waals surface area contributed by atoms with Crippen molar-refractivity contribution in [3.63, 3.8) is 0 Å². The summed E-state index contributed by atoms with van der Waals surface area (Å²) < 4.78 is 10.7. The molecule has 2 N–H and O–H groups in total. The second kappa shape index (κ2) is 6.77. The number of nitrogens with one attached hydrogen (secondary N) is 1. The smallest absolute Gasteiger partial charge is 0.337 e. The van der Waals surface area contributed by atoms with Crippen LogP contribution in [0.15, 0.2) is 48.5 Å². The van der Waals surface area contributed by atoms with Crippen molar-refractivity contribution in [2.75, 3.05) is 12.1 Å². The van der Waals surface area contributed by atoms with Gasteiger partial charge in [-0.2, -0.15) is 0 Å². The Morgan fingerprint density at radius 3 is 2.67 bits per heavy atom. The third-order valence-electron chi connectivity index (χ3n) is 4.18. The molecule has 136 valence electrons. The van der Waals surface area contributed by atoms with Crippen LogP contribution >= 0.6 is 11.3 Å². The Bertz CT molecular complexity index is 1060. The van der Waals surface area contributed by atoms with E-state index in [9.17, 15) is 14.7 Å². The first-order chi connectivity index (χ1) is 13.0. The van der Waals surface area contributed by atoms with Gasteiger partial charge in [-0.15, -0.1) is 11.3 Å². The Hall–Kier alpha value is -3.32. The van der Waals surface area contributed by atoms with Crippen molar-refractivity contribution < 1.29 is 24.2 Å². The second-order valence-electron chi connectivity index (χ2n) is 6.00. The van der Waals surface area contributed by atoms with Gasteiger partial charge < -0.3 is 19.9 Å². The molecule has 0 fully saturated rings. The van der Waals surface area contributed by atoms with Gasteiger partial charge in [0.2, 0.25) is 6.79 Å². The van der Waals surface area contributed by atoms with Crippen LogP contribution in [0.25, 0.3) is 10.4 Å². The fraction of sp³-hybridized carbons (Fsp3) is 0.100. The van der Waals surface area contributed by atoms with Crippen LogP contribution in [-0.4, -0.2) is 23.8 Å². The zero-order chi connectivity index (χ0) is 19.0. The number of carbonyl (C=O) groups is 2. The maximum atomic E-state index is 12.6. The highest BCUT2D eigenvalue weighted by atomic mass is 32.1. The number of fused-ring (bicyclic) bond motifs is 1. The highest BCUT2D eigenvalue weighted by Crippen LogP contribution is 2.39. The van der Waals surface area contributed by atoms with Crippen molar-refractivity contribution >= 4 is 28.9 Å². The highest BCUT2D eigenvalue weighted by molar-refractivity contribution is 7.17. The number of aromatic carboxylic acids is 1. The lowest BCUT2D eigenvalue weighted by Gasteiger charge is -2.06. The molecule has 0 saturated heterocycles. The van der Waals surface area contributed by atoms with E-state index in [4.69, 9.17) is 9.47 Å². The van der Waals surface area contributed by atoms with Crippen LogP contribution in [0.4, 0.5) is 5.69 Å². The Morgan fingerprint density at radius 1 is 1.07 bits per heavy atom. The number of ether oxygens (including phenoxy) is 2. The van der Waals surface area contributed by atoms with Gasteiger partial charge in [0.1, 0.15) is 0 Å². The SMILES string of the molecule is Cc1cc(C(=O)Nc2ccccc2C(=O)O)sc1-c1ccc2c(c1)OCO2. The van der Waals surface area contributed by atoms with Crippen molar-refractivity contribution in [3.05, 3.63) is 64.5 Å². The number of hydrogen-bond donors (Lipinski definition) is 2. The van der Waals surface area contributed by atoms with Crippen LogP contribution in [0.1, 0.15) is 25.6 Å². The van der Waals surface area contributed by atoms with E-state index < -0.39 is 5.97 Å². The average Bonchev–Trinajstić information content (AvgIpc) is 3.27. The van der Waals surface area contributed by atoms with E-state index in [1.165, 1.54) is 17.4 Å². The first-order valence-corrected chi connectivity index (χ1v) is 8.98. The molecule has 0 saturated carbocycles. The molecule has 0 atom stereocenters. The third-order valence-corrected chi connectivity index (χ3v) is 5.47. The van der Waals surface area contributed by atoms with Gasteiger partial charge in [-0.05, 0) is 54.4 Å². The van der Waals surface area contributed by atoms with E-state index in [0.29, 0.717) is 16.4 Å². The number of rotatable bonds is 4. The van der Waals surface area contributed by atoms with Crippen molar-refractivity contribution in [1.82, 2.24) is 0 Å². The van der Waals surface area contributed by atoms with Gasteiger partial charge in [-0.3, -0.25) is 4.79 Å². The maximum absolute atomic E-state index is 12.6. The van der Waals surface area contributed by atoms with E-state index in [1.54, 1.807) is 24.3 Å². The number of aryl methyl sites for hydroxylation is 1. The largest absolute Gasteiger partial charge is 0.478 e. The van der Waals surface area contributed by atoms with Gasteiger partial charge in [0.15, 0.2) is 11.5 Å². The molecule has 2 heterocycles. The number of carbonyl (C=O) groups excluding carboxylic acids is 1. The molecule has 1 aliphatic rings. The van der Waals surface area contributed by atoms with E-state index in [2.05, 4.69) is 5.32 Å². The quantitative estimate of drug-likeness (QED) is 0.700. The highest BCUT2D eigenvalue weighted by Gasteiger charge is 2.19. The molecule has 0 bridgehead atoms. The van der Waals surface area contributed by atoms with Crippen molar-refractivity contribution in [2.24, 2.45) is 0 Å². The van der Waals surface area contributed by atoms with Crippen molar-refractivity contribution in [3.8, 4) is 21.9 Å². The van der Waals surface area contributed by atoms with Gasteiger partial charge in [0.25, 0.3) is 5.91 Å². The van der Waals surface area contributed by atoms with Gasteiger partial charge >= 0.3 is 5.97 Å². The fourth-order valence-corrected chi connectivity index (χ4v) is 3.94. The minimum Gasteiger partial charge on any atom is -0.478 e. The Kier molecular flexibility index (Phi) is 4.29. The standard InChI is InChI=1S/C20H15NO5S/c1-11-8-17(19(22)21-14-5-3-2-4-13(14)20(23)24)27-18(11)12-6-7-15-16(9-12)26-10-25-15/h2-9H,10H2,1H3,(H,21,22)(H,23,24). The van der Waals surface area contributed by atoms with E-state index in [0.717, 1.165) is 16.0 Å². The summed E-state index contributed by atoms with van der Waals surface area (Å²) in [6.07, 6.45) is 0. The summed E-state index contributed by atoms with van der Waals surface area (Å²) in [4.78, 5) is 25.4. The molecule has 0 unspecified atom stereocenters. The topological polar surface area (TPSA) is 84.9 Å². The fourth-order valence-electron chi connectivity index (χ4n) is 2.88.